The molecule has 37 heavy (non-hydrogen) atoms. The minimum absolute atomic E-state index is 0.00673. The van der Waals surface area contributed by atoms with E-state index < -0.39 is 35.7 Å². The molecule has 8 nitrogen and oxygen atoms in total. The van der Waals surface area contributed by atoms with Crippen LogP contribution in [0, 0.1) is 0 Å². The molecule has 202 valence electrons. The summed E-state index contributed by atoms with van der Waals surface area (Å²) in [6, 6.07) is 13.3. The molecule has 0 aliphatic carbocycles. The Kier molecular flexibility index (Phi) is 11.0. The zero-order valence-electron chi connectivity index (χ0n) is 22.8. The quantitative estimate of drug-likeness (QED) is 0.378. The standard InChI is InChI=1S/C29H41N3O5/c1-7-8-17-30-26(34)25(22-15-12-16-23(33)19-22)32(20(2)3)27(35)24(18-21-13-10-9-11-14-21)31-28(36)37-29(4,5)6/h9-16,19-20,24-25,33H,7-8,17-18H2,1-6H3,(H,30,34)(H,31,36). The Morgan fingerprint density at radius 2 is 1.70 bits per heavy atom. The first kappa shape index (κ1) is 29.7. The second kappa shape index (κ2) is 13.7. The lowest BCUT2D eigenvalue weighted by atomic mass is 9.98. The summed E-state index contributed by atoms with van der Waals surface area (Å²) in [5, 5.41) is 15.8. The number of nitrogens with zero attached hydrogens (tertiary/aromatic N) is 1. The van der Waals surface area contributed by atoms with Crippen molar-refractivity contribution in [3.05, 3.63) is 65.7 Å². The molecule has 2 atom stereocenters. The van der Waals surface area contributed by atoms with Crippen LogP contribution in [0.2, 0.25) is 0 Å². The maximum atomic E-state index is 14.1. The van der Waals surface area contributed by atoms with Crippen molar-refractivity contribution < 1.29 is 24.2 Å². The largest absolute Gasteiger partial charge is 0.508 e. The maximum Gasteiger partial charge on any atom is 0.408 e. The number of hydrogen-bond acceptors (Lipinski definition) is 5. The van der Waals surface area contributed by atoms with E-state index in [0.717, 1.165) is 18.4 Å². The summed E-state index contributed by atoms with van der Waals surface area (Å²) in [5.41, 5.74) is 0.583. The van der Waals surface area contributed by atoms with Gasteiger partial charge in [0, 0.05) is 19.0 Å². The Hall–Kier alpha value is -3.55. The van der Waals surface area contributed by atoms with Crippen LogP contribution in [-0.2, 0) is 20.7 Å². The van der Waals surface area contributed by atoms with Crippen LogP contribution in [0.1, 0.15) is 71.6 Å². The number of unbranched alkanes of at least 4 members (excludes halogenated alkanes) is 1. The first-order valence-corrected chi connectivity index (χ1v) is 12.8. The van der Waals surface area contributed by atoms with Gasteiger partial charge in [0.2, 0.25) is 11.8 Å². The number of carbonyl (C=O) groups is 3. The number of benzene rings is 2. The van der Waals surface area contributed by atoms with Gasteiger partial charge in [0.1, 0.15) is 23.4 Å². The highest BCUT2D eigenvalue weighted by Gasteiger charge is 2.38. The highest BCUT2D eigenvalue weighted by molar-refractivity contribution is 5.92. The van der Waals surface area contributed by atoms with Crippen LogP contribution in [0.5, 0.6) is 5.75 Å². The summed E-state index contributed by atoms with van der Waals surface area (Å²) >= 11 is 0. The predicted octanol–water partition coefficient (Wildman–Crippen LogP) is 4.72. The van der Waals surface area contributed by atoms with Crippen LogP contribution in [0.25, 0.3) is 0 Å². The van der Waals surface area contributed by atoms with Crippen LogP contribution in [0.3, 0.4) is 0 Å². The molecular weight excluding hydrogens is 470 g/mol. The van der Waals surface area contributed by atoms with Crippen LogP contribution in [0.15, 0.2) is 54.6 Å². The fourth-order valence-corrected chi connectivity index (χ4v) is 3.98. The summed E-state index contributed by atoms with van der Waals surface area (Å²) in [6.45, 7) is 11.4. The number of phenols is 1. The van der Waals surface area contributed by atoms with Gasteiger partial charge in [-0.25, -0.2) is 4.79 Å². The highest BCUT2D eigenvalue weighted by atomic mass is 16.6. The average molecular weight is 512 g/mol. The number of nitrogens with one attached hydrogen (secondary N) is 2. The molecule has 0 fully saturated rings. The summed E-state index contributed by atoms with van der Waals surface area (Å²) in [6.07, 6.45) is 1.20. The number of amides is 3. The third-order valence-corrected chi connectivity index (χ3v) is 5.62. The molecule has 3 amide bonds. The van der Waals surface area contributed by atoms with Gasteiger partial charge in [-0.2, -0.15) is 0 Å². The third kappa shape index (κ3) is 9.44. The fraction of sp³-hybridized carbons (Fsp3) is 0.483. The first-order chi connectivity index (χ1) is 17.4. The molecule has 0 saturated carbocycles. The van der Waals surface area contributed by atoms with Crippen LogP contribution >= 0.6 is 0 Å². The minimum atomic E-state index is -1.00. The molecule has 0 aromatic heterocycles. The van der Waals surface area contributed by atoms with E-state index in [-0.39, 0.29) is 18.1 Å². The zero-order chi connectivity index (χ0) is 27.6. The Morgan fingerprint density at radius 3 is 2.27 bits per heavy atom. The molecule has 2 aromatic rings. The molecule has 3 N–H and O–H groups in total. The van der Waals surface area contributed by atoms with E-state index in [1.165, 1.54) is 17.0 Å². The molecular formula is C29H41N3O5. The average Bonchev–Trinajstić information content (AvgIpc) is 2.81. The second-order valence-electron chi connectivity index (χ2n) is 10.4. The number of alkyl carbamates (subject to hydrolysis) is 1. The molecule has 2 unspecified atom stereocenters. The topological polar surface area (TPSA) is 108 Å². The summed E-state index contributed by atoms with van der Waals surface area (Å²) < 4.78 is 5.44. The molecule has 0 radical (unpaired) electrons. The number of aromatic hydroxyl groups is 1. The maximum absolute atomic E-state index is 14.1. The fourth-order valence-electron chi connectivity index (χ4n) is 3.98. The lowest BCUT2D eigenvalue weighted by Crippen LogP contribution is -2.55. The van der Waals surface area contributed by atoms with Gasteiger partial charge in [-0.1, -0.05) is 55.8 Å². The van der Waals surface area contributed by atoms with Crippen molar-refractivity contribution in [1.29, 1.82) is 0 Å². The van der Waals surface area contributed by atoms with Crippen LogP contribution in [0.4, 0.5) is 4.79 Å². The molecule has 0 bridgehead atoms. The van der Waals surface area contributed by atoms with Gasteiger partial charge in [0.25, 0.3) is 0 Å². The van der Waals surface area contributed by atoms with Crippen molar-refractivity contribution >= 4 is 17.9 Å². The molecule has 0 aliphatic heterocycles. The minimum Gasteiger partial charge on any atom is -0.508 e. The van der Waals surface area contributed by atoms with Gasteiger partial charge in [-0.05, 0) is 64.3 Å². The lowest BCUT2D eigenvalue weighted by molar-refractivity contribution is -0.144. The number of ether oxygens (including phenoxy) is 1. The van der Waals surface area contributed by atoms with Crippen molar-refractivity contribution in [2.24, 2.45) is 0 Å². The summed E-state index contributed by atoms with van der Waals surface area (Å²) in [7, 11) is 0. The molecule has 2 aromatic carbocycles. The lowest BCUT2D eigenvalue weighted by Gasteiger charge is -2.37. The molecule has 8 heteroatoms. The predicted molar refractivity (Wildman–Crippen MR) is 144 cm³/mol. The molecule has 0 saturated heterocycles. The van der Waals surface area contributed by atoms with Crippen molar-refractivity contribution in [3.8, 4) is 5.75 Å². The first-order valence-electron chi connectivity index (χ1n) is 12.8. The second-order valence-corrected chi connectivity index (χ2v) is 10.4. The SMILES string of the molecule is CCCCNC(=O)C(c1cccc(O)c1)N(C(=O)C(Cc1ccccc1)NC(=O)OC(C)(C)C)C(C)C. The Morgan fingerprint density at radius 1 is 1.03 bits per heavy atom. The van der Waals surface area contributed by atoms with Gasteiger partial charge in [-0.3, -0.25) is 9.59 Å². The number of hydrogen-bond donors (Lipinski definition) is 3. The number of phenolic OH excluding ortho intramolecular Hbond substituents is 1. The molecule has 0 spiro atoms. The van der Waals surface area contributed by atoms with Crippen LogP contribution < -0.4 is 10.6 Å². The van der Waals surface area contributed by atoms with Crippen molar-refractivity contribution in [2.75, 3.05) is 6.54 Å². The zero-order valence-corrected chi connectivity index (χ0v) is 22.8. The summed E-state index contributed by atoms with van der Waals surface area (Å²) in [4.78, 5) is 41.8. The van der Waals surface area contributed by atoms with Crippen LogP contribution in [-0.4, -0.2) is 52.1 Å². The Bertz CT molecular complexity index is 1030. The van der Waals surface area contributed by atoms with E-state index in [1.807, 2.05) is 51.1 Å². The monoisotopic (exact) mass is 511 g/mol. The van der Waals surface area contributed by atoms with Gasteiger partial charge in [-0.15, -0.1) is 0 Å². The van der Waals surface area contributed by atoms with Gasteiger partial charge in [0.05, 0.1) is 0 Å². The third-order valence-electron chi connectivity index (χ3n) is 5.62. The van der Waals surface area contributed by atoms with E-state index in [0.29, 0.717) is 12.1 Å². The van der Waals surface area contributed by atoms with E-state index in [2.05, 4.69) is 10.6 Å². The molecule has 2 rings (SSSR count). The van der Waals surface area contributed by atoms with E-state index >= 15 is 0 Å². The van der Waals surface area contributed by atoms with Gasteiger partial charge < -0.3 is 25.4 Å². The highest BCUT2D eigenvalue weighted by Crippen LogP contribution is 2.28. The van der Waals surface area contributed by atoms with Gasteiger partial charge in [0.15, 0.2) is 0 Å². The Balaban J connectivity index is 2.49. The number of rotatable bonds is 11. The molecule has 0 aliphatic rings. The normalized spacial score (nSPS) is 12.9. The van der Waals surface area contributed by atoms with Crippen molar-refractivity contribution in [3.63, 3.8) is 0 Å². The van der Waals surface area contributed by atoms with E-state index in [1.54, 1.807) is 32.9 Å². The van der Waals surface area contributed by atoms with Gasteiger partial charge >= 0.3 is 6.09 Å². The van der Waals surface area contributed by atoms with Crippen molar-refractivity contribution in [2.45, 2.75) is 84.5 Å². The summed E-state index contributed by atoms with van der Waals surface area (Å²) in [5.74, 6) is -0.784. The van der Waals surface area contributed by atoms with E-state index in [4.69, 9.17) is 4.74 Å². The van der Waals surface area contributed by atoms with E-state index in [9.17, 15) is 19.5 Å². The number of carbonyl (C=O) groups excluding carboxylic acids is 3. The smallest absolute Gasteiger partial charge is 0.408 e. The Labute approximate surface area is 220 Å². The van der Waals surface area contributed by atoms with Crippen molar-refractivity contribution in [1.82, 2.24) is 15.5 Å². The molecule has 0 heterocycles.